The highest BCUT2D eigenvalue weighted by Gasteiger charge is 2.21. The van der Waals surface area contributed by atoms with Crippen molar-refractivity contribution >= 4 is 11.7 Å². The molecular formula is C18H23N3O2. The van der Waals surface area contributed by atoms with Crippen LogP contribution in [0.1, 0.15) is 48.2 Å². The summed E-state index contributed by atoms with van der Waals surface area (Å²) in [6, 6.07) is 7.84. The van der Waals surface area contributed by atoms with Gasteiger partial charge in [-0.1, -0.05) is 25.3 Å². The van der Waals surface area contributed by atoms with E-state index in [-0.39, 0.29) is 5.91 Å². The van der Waals surface area contributed by atoms with Gasteiger partial charge in [0.05, 0.1) is 6.26 Å². The van der Waals surface area contributed by atoms with Gasteiger partial charge in [0.25, 0.3) is 5.91 Å². The Morgan fingerprint density at radius 2 is 2.13 bits per heavy atom. The second-order valence-electron chi connectivity index (χ2n) is 6.05. The number of hydrogen-bond donors (Lipinski definition) is 1. The molecule has 1 aliphatic carbocycles. The number of rotatable bonds is 5. The molecule has 5 nitrogen and oxygen atoms in total. The van der Waals surface area contributed by atoms with Crippen molar-refractivity contribution in [1.29, 1.82) is 0 Å². The summed E-state index contributed by atoms with van der Waals surface area (Å²) in [4.78, 5) is 18.8. The van der Waals surface area contributed by atoms with Crippen LogP contribution in [-0.4, -0.2) is 24.0 Å². The van der Waals surface area contributed by atoms with E-state index in [1.54, 1.807) is 12.1 Å². The smallest absolute Gasteiger partial charge is 0.287 e. The van der Waals surface area contributed by atoms with Gasteiger partial charge in [-0.15, -0.1) is 0 Å². The number of aromatic nitrogens is 1. The fourth-order valence-electron chi connectivity index (χ4n) is 3.20. The summed E-state index contributed by atoms with van der Waals surface area (Å²) in [7, 11) is 2.11. The molecule has 0 aromatic carbocycles. The van der Waals surface area contributed by atoms with E-state index in [0.717, 1.165) is 11.4 Å². The number of furan rings is 1. The second-order valence-corrected chi connectivity index (χ2v) is 6.05. The molecule has 1 amide bonds. The zero-order valence-corrected chi connectivity index (χ0v) is 13.5. The van der Waals surface area contributed by atoms with Crippen LogP contribution in [-0.2, 0) is 6.54 Å². The van der Waals surface area contributed by atoms with Gasteiger partial charge in [0.1, 0.15) is 5.82 Å². The second kappa shape index (κ2) is 7.31. The van der Waals surface area contributed by atoms with Crippen LogP contribution >= 0.6 is 0 Å². The van der Waals surface area contributed by atoms with E-state index in [1.807, 2.05) is 18.3 Å². The maximum atomic E-state index is 12.0. The van der Waals surface area contributed by atoms with Crippen LogP contribution in [0, 0.1) is 0 Å². The van der Waals surface area contributed by atoms with Crippen molar-refractivity contribution in [3.8, 4) is 0 Å². The Kier molecular flexibility index (Phi) is 4.95. The van der Waals surface area contributed by atoms with Gasteiger partial charge in [-0.3, -0.25) is 4.79 Å². The maximum absolute atomic E-state index is 12.0. The Bertz CT molecular complexity index is 633. The number of anilines is 1. The number of nitrogens with zero attached hydrogens (tertiary/aromatic N) is 2. The van der Waals surface area contributed by atoms with Gasteiger partial charge >= 0.3 is 0 Å². The van der Waals surface area contributed by atoms with Crippen LogP contribution in [0.15, 0.2) is 41.1 Å². The Balaban J connectivity index is 1.68. The van der Waals surface area contributed by atoms with Crippen LogP contribution in [0.4, 0.5) is 5.82 Å². The normalized spacial score (nSPS) is 15.3. The predicted molar refractivity (Wildman–Crippen MR) is 89.4 cm³/mol. The average molecular weight is 313 g/mol. The third-order valence-corrected chi connectivity index (χ3v) is 4.51. The first-order valence-corrected chi connectivity index (χ1v) is 8.24. The van der Waals surface area contributed by atoms with Gasteiger partial charge in [-0.25, -0.2) is 4.98 Å². The quantitative estimate of drug-likeness (QED) is 0.919. The summed E-state index contributed by atoms with van der Waals surface area (Å²) >= 11 is 0. The van der Waals surface area contributed by atoms with E-state index >= 15 is 0 Å². The van der Waals surface area contributed by atoms with Crippen LogP contribution in [0.3, 0.4) is 0 Å². The van der Waals surface area contributed by atoms with Crippen molar-refractivity contribution in [2.24, 2.45) is 0 Å². The maximum Gasteiger partial charge on any atom is 0.287 e. The van der Waals surface area contributed by atoms with Crippen LogP contribution < -0.4 is 10.2 Å². The number of carbonyl (C=O) groups is 1. The summed E-state index contributed by atoms with van der Waals surface area (Å²) in [5.74, 6) is 1.08. The zero-order chi connectivity index (χ0) is 16.1. The highest BCUT2D eigenvalue weighted by molar-refractivity contribution is 5.91. The fourth-order valence-corrected chi connectivity index (χ4v) is 3.20. The summed E-state index contributed by atoms with van der Waals surface area (Å²) in [6.45, 7) is 0.444. The van der Waals surface area contributed by atoms with Gasteiger partial charge < -0.3 is 14.6 Å². The Morgan fingerprint density at radius 3 is 2.87 bits per heavy atom. The largest absolute Gasteiger partial charge is 0.459 e. The zero-order valence-electron chi connectivity index (χ0n) is 13.5. The molecule has 2 heterocycles. The number of hydrogen-bond acceptors (Lipinski definition) is 4. The third kappa shape index (κ3) is 3.73. The highest BCUT2D eigenvalue weighted by atomic mass is 16.3. The van der Waals surface area contributed by atoms with Crippen LogP contribution in [0.5, 0.6) is 0 Å². The standard InChI is InChI=1S/C18H23N3O2/c1-21(15-8-3-2-4-9-15)17-14(7-5-11-19-17)13-20-18(22)16-10-6-12-23-16/h5-7,10-12,15H,2-4,8-9,13H2,1H3,(H,20,22). The molecule has 0 atom stereocenters. The van der Waals surface area contributed by atoms with E-state index in [1.165, 1.54) is 38.4 Å². The number of amides is 1. The molecule has 1 fully saturated rings. The van der Waals surface area contributed by atoms with E-state index in [0.29, 0.717) is 18.3 Å². The van der Waals surface area contributed by atoms with Crippen LogP contribution in [0.2, 0.25) is 0 Å². The molecule has 0 bridgehead atoms. The molecule has 0 aliphatic heterocycles. The van der Waals surface area contributed by atoms with Gasteiger partial charge in [0.15, 0.2) is 5.76 Å². The van der Waals surface area contributed by atoms with Crippen LogP contribution in [0.25, 0.3) is 0 Å². The van der Waals surface area contributed by atoms with Crippen molar-refractivity contribution < 1.29 is 9.21 Å². The molecule has 2 aromatic heterocycles. The summed E-state index contributed by atoms with van der Waals surface area (Å²) < 4.78 is 5.12. The molecule has 0 radical (unpaired) electrons. The molecule has 2 aromatic rings. The van der Waals surface area contributed by atoms with E-state index < -0.39 is 0 Å². The van der Waals surface area contributed by atoms with Crippen molar-refractivity contribution in [3.05, 3.63) is 48.0 Å². The summed E-state index contributed by atoms with van der Waals surface area (Å²) in [5, 5.41) is 2.90. The van der Waals surface area contributed by atoms with Crippen molar-refractivity contribution in [2.75, 3.05) is 11.9 Å². The molecule has 1 aliphatic rings. The van der Waals surface area contributed by atoms with Gasteiger partial charge in [0.2, 0.25) is 0 Å². The van der Waals surface area contributed by atoms with Crippen molar-refractivity contribution in [2.45, 2.75) is 44.7 Å². The first-order valence-electron chi connectivity index (χ1n) is 8.24. The average Bonchev–Trinajstić information content (AvgIpc) is 3.15. The number of pyridine rings is 1. The lowest BCUT2D eigenvalue weighted by molar-refractivity contribution is 0.0923. The fraction of sp³-hybridized carbons (Fsp3) is 0.444. The molecule has 122 valence electrons. The molecule has 0 saturated heterocycles. The summed E-state index contributed by atoms with van der Waals surface area (Å²) in [5.41, 5.74) is 1.03. The Morgan fingerprint density at radius 1 is 1.30 bits per heavy atom. The SMILES string of the molecule is CN(c1ncccc1CNC(=O)c1ccco1)C1CCCCC1. The monoisotopic (exact) mass is 313 g/mol. The van der Waals surface area contributed by atoms with E-state index in [4.69, 9.17) is 4.42 Å². The molecule has 23 heavy (non-hydrogen) atoms. The first kappa shape index (κ1) is 15.6. The number of nitrogens with one attached hydrogen (secondary N) is 1. The summed E-state index contributed by atoms with van der Waals surface area (Å²) in [6.07, 6.45) is 9.64. The topological polar surface area (TPSA) is 58.4 Å². The lowest BCUT2D eigenvalue weighted by atomic mass is 9.94. The van der Waals surface area contributed by atoms with Crippen molar-refractivity contribution in [3.63, 3.8) is 0 Å². The predicted octanol–water partition coefficient (Wildman–Crippen LogP) is 3.37. The molecule has 0 unspecified atom stereocenters. The molecule has 1 saturated carbocycles. The van der Waals surface area contributed by atoms with Gasteiger partial charge in [0, 0.05) is 31.4 Å². The third-order valence-electron chi connectivity index (χ3n) is 4.51. The minimum atomic E-state index is -0.204. The van der Waals surface area contributed by atoms with Gasteiger partial charge in [-0.05, 0) is 31.0 Å². The number of carbonyl (C=O) groups excluding carboxylic acids is 1. The first-order chi connectivity index (χ1) is 11.3. The minimum absolute atomic E-state index is 0.204. The van der Waals surface area contributed by atoms with E-state index in [2.05, 4.69) is 22.2 Å². The van der Waals surface area contributed by atoms with Crippen molar-refractivity contribution in [1.82, 2.24) is 10.3 Å². The molecule has 3 rings (SSSR count). The molecule has 1 N–H and O–H groups in total. The van der Waals surface area contributed by atoms with Gasteiger partial charge in [-0.2, -0.15) is 0 Å². The van der Waals surface area contributed by atoms with E-state index in [9.17, 15) is 4.79 Å². The Hall–Kier alpha value is -2.30. The lowest BCUT2D eigenvalue weighted by Gasteiger charge is -2.33. The molecule has 0 spiro atoms. The minimum Gasteiger partial charge on any atom is -0.459 e. The lowest BCUT2D eigenvalue weighted by Crippen LogP contribution is -2.35. The molecular weight excluding hydrogens is 290 g/mol. The molecule has 5 heteroatoms. The highest BCUT2D eigenvalue weighted by Crippen LogP contribution is 2.26. The Labute approximate surface area is 136 Å².